The number of ether oxygens (including phenoxy) is 1. The monoisotopic (exact) mass is 560 g/mol. The summed E-state index contributed by atoms with van der Waals surface area (Å²) >= 11 is 13.5. The van der Waals surface area contributed by atoms with Gasteiger partial charge in [0.05, 0.1) is 28.5 Å². The summed E-state index contributed by atoms with van der Waals surface area (Å²) in [6.45, 7) is 0. The van der Waals surface area contributed by atoms with Crippen molar-refractivity contribution in [3.8, 4) is 10.4 Å². The summed E-state index contributed by atoms with van der Waals surface area (Å²) in [4.78, 5) is 44.1. The SMILES string of the molecule is COC(=O)[C@@H](NC(=O)c1sc(-c2cccnc2)cc1NC(=O)Nc1c(Cl)cccc1Cl)C1CCCCC1. The van der Waals surface area contributed by atoms with Gasteiger partial charge in [-0.15, -0.1) is 11.3 Å². The number of methoxy groups -OCH3 is 1. The normalized spacial score (nSPS) is 14.5. The Hall–Kier alpha value is -3.14. The molecule has 194 valence electrons. The van der Waals surface area contributed by atoms with Gasteiger partial charge in [0.2, 0.25) is 0 Å². The molecule has 8 nitrogen and oxygen atoms in total. The molecule has 2 heterocycles. The van der Waals surface area contributed by atoms with Gasteiger partial charge in [0.15, 0.2) is 0 Å². The van der Waals surface area contributed by atoms with Crippen LogP contribution in [0.1, 0.15) is 41.8 Å². The third-order valence-corrected chi connectivity index (χ3v) is 8.01. The molecule has 1 aliphatic rings. The molecule has 2 aromatic heterocycles. The van der Waals surface area contributed by atoms with Crippen molar-refractivity contribution in [2.24, 2.45) is 5.92 Å². The van der Waals surface area contributed by atoms with Gasteiger partial charge < -0.3 is 20.7 Å². The number of amides is 3. The standard InChI is InChI=1S/C26H26Cl2N4O4S/c1-36-25(34)21(15-7-3-2-4-8-15)31-24(33)23-19(13-20(37-23)16-9-6-12-29-14-16)30-26(35)32-22-17(27)10-5-11-18(22)28/h5-6,9-15,21H,2-4,7-8H2,1H3,(H,31,33)(H2,30,32,35)/t21-/m0/s1. The molecule has 0 aliphatic heterocycles. The molecule has 3 aromatic rings. The summed E-state index contributed by atoms with van der Waals surface area (Å²) in [5.74, 6) is -0.970. The molecule has 1 saturated carbocycles. The number of hydrogen-bond donors (Lipinski definition) is 3. The molecule has 0 unspecified atom stereocenters. The zero-order valence-electron chi connectivity index (χ0n) is 20.1. The molecular weight excluding hydrogens is 535 g/mol. The third kappa shape index (κ3) is 6.60. The van der Waals surface area contributed by atoms with E-state index in [1.165, 1.54) is 18.4 Å². The largest absolute Gasteiger partial charge is 0.467 e. The van der Waals surface area contributed by atoms with Crippen molar-refractivity contribution in [3.05, 3.63) is 63.7 Å². The van der Waals surface area contributed by atoms with Crippen molar-refractivity contribution in [1.29, 1.82) is 0 Å². The first-order chi connectivity index (χ1) is 17.9. The lowest BCUT2D eigenvalue weighted by molar-refractivity contribution is -0.144. The summed E-state index contributed by atoms with van der Waals surface area (Å²) in [7, 11) is 1.31. The van der Waals surface area contributed by atoms with Gasteiger partial charge in [-0.3, -0.25) is 9.78 Å². The van der Waals surface area contributed by atoms with E-state index >= 15 is 0 Å². The predicted molar refractivity (Wildman–Crippen MR) is 146 cm³/mol. The van der Waals surface area contributed by atoms with E-state index in [0.29, 0.717) is 0 Å². The summed E-state index contributed by atoms with van der Waals surface area (Å²) in [6, 6.07) is 8.80. The molecule has 3 N–H and O–H groups in total. The number of urea groups is 1. The van der Waals surface area contributed by atoms with Crippen LogP contribution in [0, 0.1) is 5.92 Å². The molecule has 4 rings (SSSR count). The zero-order chi connectivity index (χ0) is 26.4. The zero-order valence-corrected chi connectivity index (χ0v) is 22.4. The molecule has 1 fully saturated rings. The Morgan fingerprint density at radius 3 is 2.43 bits per heavy atom. The Balaban J connectivity index is 1.61. The highest BCUT2D eigenvalue weighted by atomic mass is 35.5. The average Bonchev–Trinajstić information content (AvgIpc) is 3.33. The number of anilines is 2. The number of para-hydroxylation sites is 1. The van der Waals surface area contributed by atoms with Gasteiger partial charge in [0.1, 0.15) is 10.9 Å². The van der Waals surface area contributed by atoms with E-state index in [1.807, 2.05) is 6.07 Å². The van der Waals surface area contributed by atoms with Gasteiger partial charge in [0.25, 0.3) is 5.91 Å². The van der Waals surface area contributed by atoms with Gasteiger partial charge in [-0.25, -0.2) is 9.59 Å². The fourth-order valence-electron chi connectivity index (χ4n) is 4.36. The molecule has 0 saturated heterocycles. The Bertz CT molecular complexity index is 1260. The van der Waals surface area contributed by atoms with Crippen molar-refractivity contribution in [2.45, 2.75) is 38.1 Å². The van der Waals surface area contributed by atoms with Crippen LogP contribution in [0.25, 0.3) is 10.4 Å². The lowest BCUT2D eigenvalue weighted by Crippen LogP contribution is -2.47. The fraction of sp³-hybridized carbons (Fsp3) is 0.308. The highest BCUT2D eigenvalue weighted by Gasteiger charge is 2.33. The smallest absolute Gasteiger partial charge is 0.328 e. The van der Waals surface area contributed by atoms with Crippen LogP contribution in [0.5, 0.6) is 0 Å². The van der Waals surface area contributed by atoms with E-state index in [2.05, 4.69) is 20.9 Å². The second-order valence-electron chi connectivity index (χ2n) is 8.64. The summed E-state index contributed by atoms with van der Waals surface area (Å²) in [5, 5.41) is 8.78. The van der Waals surface area contributed by atoms with Crippen LogP contribution >= 0.6 is 34.5 Å². The number of nitrogens with zero attached hydrogens (tertiary/aromatic N) is 1. The minimum atomic E-state index is -0.773. The van der Waals surface area contributed by atoms with Crippen LogP contribution in [0.15, 0.2) is 48.8 Å². The number of aromatic nitrogens is 1. The molecule has 11 heteroatoms. The molecule has 0 spiro atoms. The first-order valence-corrected chi connectivity index (χ1v) is 13.4. The van der Waals surface area contributed by atoms with Crippen LogP contribution in [0.3, 0.4) is 0 Å². The van der Waals surface area contributed by atoms with E-state index in [-0.39, 0.29) is 32.2 Å². The van der Waals surface area contributed by atoms with Crippen molar-refractivity contribution >= 4 is 63.8 Å². The minimum absolute atomic E-state index is 0.00928. The number of rotatable bonds is 7. The van der Waals surface area contributed by atoms with E-state index in [0.717, 1.165) is 42.5 Å². The van der Waals surface area contributed by atoms with Gasteiger partial charge in [-0.2, -0.15) is 0 Å². The number of thiophene rings is 1. The molecule has 1 aliphatic carbocycles. The number of benzene rings is 1. The van der Waals surface area contributed by atoms with Crippen LogP contribution < -0.4 is 16.0 Å². The number of pyridine rings is 1. The lowest BCUT2D eigenvalue weighted by atomic mass is 9.84. The summed E-state index contributed by atoms with van der Waals surface area (Å²) in [6.07, 6.45) is 8.08. The topological polar surface area (TPSA) is 109 Å². The highest BCUT2D eigenvalue weighted by molar-refractivity contribution is 7.18. The number of carbonyl (C=O) groups excluding carboxylic acids is 3. The van der Waals surface area contributed by atoms with Crippen molar-refractivity contribution in [1.82, 2.24) is 10.3 Å². The van der Waals surface area contributed by atoms with Crippen molar-refractivity contribution in [2.75, 3.05) is 17.7 Å². The molecule has 1 atom stereocenters. The van der Waals surface area contributed by atoms with Crippen LogP contribution in [0.2, 0.25) is 10.0 Å². The molecular formula is C26H26Cl2N4O4S. The third-order valence-electron chi connectivity index (χ3n) is 6.20. The second kappa shape index (κ2) is 12.4. The first kappa shape index (κ1) is 26.9. The van der Waals surface area contributed by atoms with Crippen LogP contribution in [-0.4, -0.2) is 36.0 Å². The highest BCUT2D eigenvalue weighted by Crippen LogP contribution is 2.36. The Morgan fingerprint density at radius 1 is 1.05 bits per heavy atom. The molecule has 3 amide bonds. The van der Waals surface area contributed by atoms with E-state index in [4.69, 9.17) is 27.9 Å². The van der Waals surface area contributed by atoms with Gasteiger partial charge in [-0.05, 0) is 43.0 Å². The van der Waals surface area contributed by atoms with Crippen molar-refractivity contribution < 1.29 is 19.1 Å². The Labute approximate surface area is 228 Å². The number of halogens is 2. The quantitative estimate of drug-likeness (QED) is 0.281. The summed E-state index contributed by atoms with van der Waals surface area (Å²) < 4.78 is 5.00. The van der Waals surface area contributed by atoms with Crippen LogP contribution in [-0.2, 0) is 9.53 Å². The average molecular weight is 561 g/mol. The molecule has 0 bridgehead atoms. The predicted octanol–water partition coefficient (Wildman–Crippen LogP) is 6.61. The van der Waals surface area contributed by atoms with Gasteiger partial charge in [0, 0.05) is 22.8 Å². The second-order valence-corrected chi connectivity index (χ2v) is 10.5. The minimum Gasteiger partial charge on any atom is -0.467 e. The maximum Gasteiger partial charge on any atom is 0.328 e. The maximum absolute atomic E-state index is 13.5. The number of esters is 1. The number of hydrogen-bond acceptors (Lipinski definition) is 6. The maximum atomic E-state index is 13.5. The van der Waals surface area contributed by atoms with E-state index < -0.39 is 23.9 Å². The van der Waals surface area contributed by atoms with Gasteiger partial charge in [-0.1, -0.05) is 54.6 Å². The molecule has 0 radical (unpaired) electrons. The van der Waals surface area contributed by atoms with Crippen molar-refractivity contribution in [3.63, 3.8) is 0 Å². The van der Waals surface area contributed by atoms with Crippen LogP contribution in [0.4, 0.5) is 16.2 Å². The van der Waals surface area contributed by atoms with E-state index in [1.54, 1.807) is 42.7 Å². The lowest BCUT2D eigenvalue weighted by Gasteiger charge is -2.29. The number of nitrogens with one attached hydrogen (secondary N) is 3. The molecule has 37 heavy (non-hydrogen) atoms. The Morgan fingerprint density at radius 2 is 1.78 bits per heavy atom. The Kier molecular flexibility index (Phi) is 9.02. The van der Waals surface area contributed by atoms with E-state index in [9.17, 15) is 14.4 Å². The number of carbonyl (C=O) groups is 3. The fourth-order valence-corrected chi connectivity index (χ4v) is 5.86. The molecule has 1 aromatic carbocycles. The van der Waals surface area contributed by atoms with Gasteiger partial charge >= 0.3 is 12.0 Å². The summed E-state index contributed by atoms with van der Waals surface area (Å²) in [5.41, 5.74) is 1.30. The first-order valence-electron chi connectivity index (χ1n) is 11.8.